The zero-order chi connectivity index (χ0) is 17.2. The summed E-state index contributed by atoms with van der Waals surface area (Å²) in [4.78, 5) is 23.8. The van der Waals surface area contributed by atoms with Gasteiger partial charge in [-0.25, -0.2) is 9.50 Å². The van der Waals surface area contributed by atoms with Crippen molar-refractivity contribution in [2.24, 2.45) is 5.92 Å². The summed E-state index contributed by atoms with van der Waals surface area (Å²) in [6, 6.07) is 3.87. The summed E-state index contributed by atoms with van der Waals surface area (Å²) < 4.78 is 6.97. The van der Waals surface area contributed by atoms with Crippen molar-refractivity contribution in [3.05, 3.63) is 30.7 Å². The number of imidazole rings is 1. The number of esters is 1. The fraction of sp³-hybridized carbons (Fsp3) is 0.412. The van der Waals surface area contributed by atoms with Crippen molar-refractivity contribution in [1.82, 2.24) is 19.6 Å². The number of fused-ring (bicyclic) bond motifs is 1. The molecule has 1 saturated heterocycles. The fourth-order valence-electron chi connectivity index (χ4n) is 3.07. The van der Waals surface area contributed by atoms with Crippen LogP contribution in [0.5, 0.6) is 0 Å². The number of piperidine rings is 1. The van der Waals surface area contributed by atoms with Gasteiger partial charge in [0.15, 0.2) is 0 Å². The minimum atomic E-state index is -0.104. The monoisotopic (exact) mass is 357 g/mol. The Labute approximate surface area is 149 Å². The quantitative estimate of drug-likeness (QED) is 0.669. The summed E-state index contributed by atoms with van der Waals surface area (Å²) in [5.41, 5.74) is 1.84. The molecule has 4 rings (SSSR count). The molecule has 7 nitrogen and oxygen atoms in total. The number of anilines is 1. The molecule has 130 valence electrons. The van der Waals surface area contributed by atoms with Gasteiger partial charge in [-0.2, -0.15) is 0 Å². The summed E-state index contributed by atoms with van der Waals surface area (Å²) in [5.74, 6) is -0.178. The number of pyridine rings is 1. The maximum atomic E-state index is 12.0. The SMILES string of the molecule is CCOC(=O)C1CCCN(c2nn3cc(-c4cccnc4)nc3s2)C1. The smallest absolute Gasteiger partial charge is 0.310 e. The Bertz CT molecular complexity index is 844. The molecule has 25 heavy (non-hydrogen) atoms. The molecule has 3 aromatic rings. The van der Waals surface area contributed by atoms with Crippen LogP contribution in [0.2, 0.25) is 0 Å². The number of hydrogen-bond acceptors (Lipinski definition) is 7. The van der Waals surface area contributed by atoms with Gasteiger partial charge in [0.1, 0.15) is 0 Å². The van der Waals surface area contributed by atoms with Gasteiger partial charge in [0.2, 0.25) is 10.1 Å². The lowest BCUT2D eigenvalue weighted by Gasteiger charge is -2.30. The van der Waals surface area contributed by atoms with Crippen molar-refractivity contribution < 1.29 is 9.53 Å². The molecule has 3 aromatic heterocycles. The Balaban J connectivity index is 1.54. The molecule has 0 saturated carbocycles. The molecule has 0 bridgehead atoms. The molecule has 1 aliphatic heterocycles. The van der Waals surface area contributed by atoms with E-state index in [2.05, 4.69) is 20.0 Å². The van der Waals surface area contributed by atoms with Crippen LogP contribution in [0.3, 0.4) is 0 Å². The molecule has 0 radical (unpaired) electrons. The van der Waals surface area contributed by atoms with Crippen molar-refractivity contribution >= 4 is 27.4 Å². The van der Waals surface area contributed by atoms with E-state index in [4.69, 9.17) is 4.74 Å². The lowest BCUT2D eigenvalue weighted by molar-refractivity contribution is -0.148. The van der Waals surface area contributed by atoms with Crippen molar-refractivity contribution in [2.75, 3.05) is 24.6 Å². The van der Waals surface area contributed by atoms with Gasteiger partial charge < -0.3 is 9.64 Å². The van der Waals surface area contributed by atoms with Gasteiger partial charge in [-0.05, 0) is 31.9 Å². The predicted octanol–water partition coefficient (Wildman–Crippen LogP) is 2.63. The third-order valence-corrected chi connectivity index (χ3v) is 5.28. The van der Waals surface area contributed by atoms with E-state index in [1.54, 1.807) is 28.2 Å². The van der Waals surface area contributed by atoms with E-state index >= 15 is 0 Å². The van der Waals surface area contributed by atoms with Gasteiger partial charge in [0.05, 0.1) is 24.4 Å². The fourth-order valence-corrected chi connectivity index (χ4v) is 3.99. The minimum absolute atomic E-state index is 0.0733. The third-order valence-electron chi connectivity index (χ3n) is 4.30. The van der Waals surface area contributed by atoms with Crippen molar-refractivity contribution in [1.29, 1.82) is 0 Å². The topological polar surface area (TPSA) is 72.6 Å². The van der Waals surface area contributed by atoms with E-state index in [1.807, 2.05) is 25.3 Å². The maximum absolute atomic E-state index is 12.0. The predicted molar refractivity (Wildman–Crippen MR) is 95.7 cm³/mol. The third kappa shape index (κ3) is 3.21. The molecule has 1 aliphatic rings. The van der Waals surface area contributed by atoms with E-state index in [9.17, 15) is 4.79 Å². The van der Waals surface area contributed by atoms with E-state index < -0.39 is 0 Å². The first-order chi connectivity index (χ1) is 12.2. The van der Waals surface area contributed by atoms with E-state index in [-0.39, 0.29) is 11.9 Å². The molecule has 8 heteroatoms. The Morgan fingerprint density at radius 3 is 3.16 bits per heavy atom. The van der Waals surface area contributed by atoms with Crippen molar-refractivity contribution in [3.63, 3.8) is 0 Å². The van der Waals surface area contributed by atoms with Crippen LogP contribution in [0.15, 0.2) is 30.7 Å². The number of ether oxygens (including phenoxy) is 1. The molecule has 0 N–H and O–H groups in total. The largest absolute Gasteiger partial charge is 0.466 e. The molecule has 4 heterocycles. The van der Waals surface area contributed by atoms with Gasteiger partial charge in [0.25, 0.3) is 0 Å². The van der Waals surface area contributed by atoms with Crippen LogP contribution >= 0.6 is 11.3 Å². The average Bonchev–Trinajstić information content (AvgIpc) is 3.22. The Kier molecular flexibility index (Phi) is 4.35. The molecule has 1 unspecified atom stereocenters. The van der Waals surface area contributed by atoms with Crippen LogP contribution in [-0.4, -0.2) is 45.2 Å². The van der Waals surface area contributed by atoms with Crippen LogP contribution in [0.1, 0.15) is 19.8 Å². The molecule has 0 spiro atoms. The summed E-state index contributed by atoms with van der Waals surface area (Å²) >= 11 is 1.54. The second-order valence-electron chi connectivity index (χ2n) is 6.02. The minimum Gasteiger partial charge on any atom is -0.466 e. The van der Waals surface area contributed by atoms with E-state index in [0.717, 1.165) is 40.7 Å². The number of nitrogens with zero attached hydrogens (tertiary/aromatic N) is 5. The van der Waals surface area contributed by atoms with Gasteiger partial charge in [-0.15, -0.1) is 5.10 Å². The molecule has 0 amide bonds. The van der Waals surface area contributed by atoms with Crippen LogP contribution < -0.4 is 4.90 Å². The number of rotatable bonds is 4. The van der Waals surface area contributed by atoms with E-state index in [0.29, 0.717) is 13.2 Å². The molecule has 1 atom stereocenters. The molecule has 1 fully saturated rings. The zero-order valence-corrected chi connectivity index (χ0v) is 14.8. The highest BCUT2D eigenvalue weighted by Crippen LogP contribution is 2.29. The first-order valence-corrected chi connectivity index (χ1v) is 9.24. The molecule has 0 aliphatic carbocycles. The van der Waals surface area contributed by atoms with E-state index in [1.165, 1.54) is 0 Å². The van der Waals surface area contributed by atoms with Crippen LogP contribution in [-0.2, 0) is 9.53 Å². The second kappa shape index (κ2) is 6.79. The van der Waals surface area contributed by atoms with Gasteiger partial charge in [-0.3, -0.25) is 9.78 Å². The normalized spacial score (nSPS) is 17.8. The Morgan fingerprint density at radius 2 is 2.40 bits per heavy atom. The highest BCUT2D eigenvalue weighted by atomic mass is 32.1. The number of carbonyl (C=O) groups is 1. The Hall–Kier alpha value is -2.48. The average molecular weight is 357 g/mol. The first kappa shape index (κ1) is 16.0. The van der Waals surface area contributed by atoms with Crippen LogP contribution in [0, 0.1) is 5.92 Å². The number of hydrogen-bond donors (Lipinski definition) is 0. The first-order valence-electron chi connectivity index (χ1n) is 8.43. The number of carbonyl (C=O) groups excluding carboxylic acids is 1. The highest BCUT2D eigenvalue weighted by Gasteiger charge is 2.28. The zero-order valence-electron chi connectivity index (χ0n) is 14.0. The standard InChI is InChI=1S/C17H19N5O2S/c1-2-24-15(23)13-6-4-8-21(10-13)17-20-22-11-14(19-16(22)25-17)12-5-3-7-18-9-12/h3,5,7,9,11,13H,2,4,6,8,10H2,1H3. The highest BCUT2D eigenvalue weighted by molar-refractivity contribution is 7.20. The summed E-state index contributed by atoms with van der Waals surface area (Å²) in [5, 5.41) is 5.55. The molecular weight excluding hydrogens is 338 g/mol. The van der Waals surface area contributed by atoms with Gasteiger partial charge in [0, 0.05) is 31.0 Å². The van der Waals surface area contributed by atoms with Crippen LogP contribution in [0.4, 0.5) is 5.13 Å². The maximum Gasteiger partial charge on any atom is 0.310 e. The lowest BCUT2D eigenvalue weighted by Crippen LogP contribution is -2.39. The summed E-state index contributed by atoms with van der Waals surface area (Å²) in [6.07, 6.45) is 7.30. The Morgan fingerprint density at radius 1 is 1.48 bits per heavy atom. The van der Waals surface area contributed by atoms with Gasteiger partial charge in [-0.1, -0.05) is 11.3 Å². The van der Waals surface area contributed by atoms with Gasteiger partial charge >= 0.3 is 5.97 Å². The van der Waals surface area contributed by atoms with Crippen molar-refractivity contribution in [3.8, 4) is 11.3 Å². The number of aromatic nitrogens is 4. The lowest BCUT2D eigenvalue weighted by atomic mass is 9.99. The van der Waals surface area contributed by atoms with Crippen LogP contribution in [0.25, 0.3) is 16.2 Å². The van der Waals surface area contributed by atoms with Crippen molar-refractivity contribution in [2.45, 2.75) is 19.8 Å². The molecular formula is C17H19N5O2S. The molecule has 0 aromatic carbocycles. The summed E-state index contributed by atoms with van der Waals surface area (Å²) in [6.45, 7) is 3.83. The second-order valence-corrected chi connectivity index (χ2v) is 6.95. The summed E-state index contributed by atoms with van der Waals surface area (Å²) in [7, 11) is 0.